The molecule has 1 heterocycles. The number of anilines is 1. The van der Waals surface area contributed by atoms with Gasteiger partial charge >= 0.3 is 0 Å². The molecule has 0 unspecified atom stereocenters. The van der Waals surface area contributed by atoms with Crippen LogP contribution in [0.3, 0.4) is 0 Å². The summed E-state index contributed by atoms with van der Waals surface area (Å²) in [5, 5.41) is 4.66. The third kappa shape index (κ3) is 1.08. The first-order chi connectivity index (χ1) is 6.86. The van der Waals surface area contributed by atoms with Gasteiger partial charge in [-0.05, 0) is 32.1 Å². The average Bonchev–Trinajstić information content (AvgIpc) is 2.84. The molecular weight excluding hydrogens is 174 g/mol. The van der Waals surface area contributed by atoms with Gasteiger partial charge in [0.05, 0.1) is 11.7 Å². The summed E-state index contributed by atoms with van der Waals surface area (Å²) in [4.78, 5) is 0. The minimum absolute atomic E-state index is 0.598. The van der Waals surface area contributed by atoms with E-state index in [0.717, 1.165) is 18.7 Å². The highest BCUT2D eigenvalue weighted by Crippen LogP contribution is 2.35. The number of aromatic nitrogens is 2. The van der Waals surface area contributed by atoms with Gasteiger partial charge < -0.3 is 5.73 Å². The highest BCUT2D eigenvalue weighted by Gasteiger charge is 2.25. The number of fused-ring (bicyclic) bond motifs is 1. The van der Waals surface area contributed by atoms with Gasteiger partial charge in [-0.2, -0.15) is 5.10 Å². The second kappa shape index (κ2) is 3.01. The van der Waals surface area contributed by atoms with Crippen molar-refractivity contribution in [2.75, 3.05) is 5.73 Å². The smallest absolute Gasteiger partial charge is 0.125 e. The Morgan fingerprint density at radius 1 is 1.14 bits per heavy atom. The molecule has 0 saturated heterocycles. The molecular formula is C11H17N3. The topological polar surface area (TPSA) is 43.8 Å². The number of hydrogen-bond donors (Lipinski definition) is 1. The molecule has 2 aliphatic rings. The molecule has 0 amide bonds. The molecule has 76 valence electrons. The largest absolute Gasteiger partial charge is 0.384 e. The molecule has 3 nitrogen and oxygen atoms in total. The maximum Gasteiger partial charge on any atom is 0.125 e. The quantitative estimate of drug-likeness (QED) is 0.738. The molecule has 3 heteroatoms. The summed E-state index contributed by atoms with van der Waals surface area (Å²) in [6.45, 7) is 0. The Bertz CT molecular complexity index is 348. The Morgan fingerprint density at radius 2 is 1.93 bits per heavy atom. The van der Waals surface area contributed by atoms with Gasteiger partial charge in [-0.25, -0.2) is 4.68 Å². The molecule has 1 aromatic heterocycles. The van der Waals surface area contributed by atoms with Gasteiger partial charge in [0, 0.05) is 5.56 Å². The van der Waals surface area contributed by atoms with Crippen LogP contribution in [0.25, 0.3) is 0 Å². The fourth-order valence-corrected chi connectivity index (χ4v) is 2.86. The molecule has 2 aliphatic carbocycles. The molecule has 0 bridgehead atoms. The average molecular weight is 191 g/mol. The molecule has 1 fully saturated rings. The molecule has 0 atom stereocenters. The van der Waals surface area contributed by atoms with Gasteiger partial charge in [0.2, 0.25) is 0 Å². The van der Waals surface area contributed by atoms with Crippen LogP contribution >= 0.6 is 0 Å². The van der Waals surface area contributed by atoms with Gasteiger partial charge in [0.25, 0.3) is 0 Å². The lowest BCUT2D eigenvalue weighted by atomic mass is 10.2. The Kier molecular flexibility index (Phi) is 1.79. The van der Waals surface area contributed by atoms with Gasteiger partial charge in [-0.15, -0.1) is 0 Å². The van der Waals surface area contributed by atoms with Crippen LogP contribution in [-0.4, -0.2) is 9.78 Å². The zero-order chi connectivity index (χ0) is 9.54. The first kappa shape index (κ1) is 8.33. The highest BCUT2D eigenvalue weighted by atomic mass is 15.3. The maximum atomic E-state index is 6.13. The van der Waals surface area contributed by atoms with E-state index in [-0.39, 0.29) is 0 Å². The van der Waals surface area contributed by atoms with E-state index >= 15 is 0 Å². The molecule has 0 aliphatic heterocycles. The van der Waals surface area contributed by atoms with Crippen molar-refractivity contribution < 1.29 is 0 Å². The van der Waals surface area contributed by atoms with Crippen molar-refractivity contribution in [3.63, 3.8) is 0 Å². The molecule has 2 N–H and O–H groups in total. The normalized spacial score (nSPS) is 21.7. The van der Waals surface area contributed by atoms with Crippen LogP contribution in [-0.2, 0) is 12.8 Å². The van der Waals surface area contributed by atoms with Crippen LogP contribution < -0.4 is 5.73 Å². The standard InChI is InChI=1S/C11H17N3/c12-11-9-6-3-7-10(9)13-14(11)8-4-1-2-5-8/h8H,1-7,12H2. The second-order valence-electron chi connectivity index (χ2n) is 4.55. The second-order valence-corrected chi connectivity index (χ2v) is 4.55. The summed E-state index contributed by atoms with van der Waals surface area (Å²) >= 11 is 0. The van der Waals surface area contributed by atoms with E-state index in [1.807, 2.05) is 0 Å². The number of hydrogen-bond acceptors (Lipinski definition) is 2. The van der Waals surface area contributed by atoms with Crippen LogP contribution in [0.1, 0.15) is 49.4 Å². The van der Waals surface area contributed by atoms with E-state index < -0.39 is 0 Å². The minimum Gasteiger partial charge on any atom is -0.384 e. The molecule has 14 heavy (non-hydrogen) atoms. The summed E-state index contributed by atoms with van der Waals surface area (Å²) in [7, 11) is 0. The Balaban J connectivity index is 1.98. The monoisotopic (exact) mass is 191 g/mol. The number of aryl methyl sites for hydroxylation is 1. The third-order valence-electron chi connectivity index (χ3n) is 3.64. The van der Waals surface area contributed by atoms with Gasteiger partial charge in [0.1, 0.15) is 5.82 Å². The molecule has 0 radical (unpaired) electrons. The van der Waals surface area contributed by atoms with Crippen molar-refractivity contribution in [2.24, 2.45) is 0 Å². The number of nitrogens with two attached hydrogens (primary N) is 1. The summed E-state index contributed by atoms with van der Waals surface area (Å²) in [6, 6.07) is 0.598. The molecule has 1 saturated carbocycles. The van der Waals surface area contributed by atoms with E-state index in [1.54, 1.807) is 0 Å². The lowest BCUT2D eigenvalue weighted by Gasteiger charge is -2.12. The molecule has 1 aromatic rings. The van der Waals surface area contributed by atoms with Crippen LogP contribution in [0.4, 0.5) is 5.82 Å². The van der Waals surface area contributed by atoms with Crippen molar-refractivity contribution in [1.82, 2.24) is 9.78 Å². The number of rotatable bonds is 1. The predicted molar refractivity (Wildman–Crippen MR) is 56.2 cm³/mol. The van der Waals surface area contributed by atoms with Crippen molar-refractivity contribution in [3.8, 4) is 0 Å². The van der Waals surface area contributed by atoms with Crippen LogP contribution in [0.15, 0.2) is 0 Å². The first-order valence-corrected chi connectivity index (χ1v) is 5.72. The van der Waals surface area contributed by atoms with Crippen molar-refractivity contribution in [3.05, 3.63) is 11.3 Å². The van der Waals surface area contributed by atoms with Crippen LogP contribution in [0, 0.1) is 0 Å². The number of nitrogens with zero attached hydrogens (tertiary/aromatic N) is 2. The van der Waals surface area contributed by atoms with Crippen LogP contribution in [0.2, 0.25) is 0 Å². The van der Waals surface area contributed by atoms with Crippen LogP contribution in [0.5, 0.6) is 0 Å². The third-order valence-corrected chi connectivity index (χ3v) is 3.64. The van der Waals surface area contributed by atoms with E-state index in [4.69, 9.17) is 5.73 Å². The minimum atomic E-state index is 0.598. The zero-order valence-electron chi connectivity index (χ0n) is 8.50. The maximum absolute atomic E-state index is 6.13. The highest BCUT2D eigenvalue weighted by molar-refractivity contribution is 5.46. The summed E-state index contributed by atoms with van der Waals surface area (Å²) in [5.74, 6) is 0.962. The first-order valence-electron chi connectivity index (χ1n) is 5.72. The van der Waals surface area contributed by atoms with Crippen molar-refractivity contribution in [1.29, 1.82) is 0 Å². The predicted octanol–water partition coefficient (Wildman–Crippen LogP) is 2.07. The van der Waals surface area contributed by atoms with Gasteiger partial charge in [0.15, 0.2) is 0 Å². The van der Waals surface area contributed by atoms with E-state index in [9.17, 15) is 0 Å². The van der Waals surface area contributed by atoms with E-state index in [1.165, 1.54) is 43.4 Å². The van der Waals surface area contributed by atoms with Crippen molar-refractivity contribution >= 4 is 5.82 Å². The summed E-state index contributed by atoms with van der Waals surface area (Å²) < 4.78 is 2.11. The van der Waals surface area contributed by atoms with Gasteiger partial charge in [-0.1, -0.05) is 12.8 Å². The van der Waals surface area contributed by atoms with Gasteiger partial charge in [-0.3, -0.25) is 0 Å². The fraction of sp³-hybridized carbons (Fsp3) is 0.727. The molecule has 3 rings (SSSR count). The zero-order valence-corrected chi connectivity index (χ0v) is 8.50. The van der Waals surface area contributed by atoms with Crippen molar-refractivity contribution in [2.45, 2.75) is 51.0 Å². The van der Waals surface area contributed by atoms with E-state index in [2.05, 4.69) is 9.78 Å². The molecule has 0 aromatic carbocycles. The lowest BCUT2D eigenvalue weighted by Crippen LogP contribution is -2.11. The summed E-state index contributed by atoms with van der Waals surface area (Å²) in [5.41, 5.74) is 8.75. The Morgan fingerprint density at radius 3 is 2.64 bits per heavy atom. The Labute approximate surface area is 84.3 Å². The summed E-state index contributed by atoms with van der Waals surface area (Å²) in [6.07, 6.45) is 8.75. The van der Waals surface area contributed by atoms with E-state index in [0.29, 0.717) is 6.04 Å². The number of nitrogen functional groups attached to an aromatic ring is 1. The lowest BCUT2D eigenvalue weighted by molar-refractivity contribution is 0.468. The molecule has 0 spiro atoms. The Hall–Kier alpha value is -0.990. The SMILES string of the molecule is Nc1c2c(nn1C1CCCC1)CCC2. The fourth-order valence-electron chi connectivity index (χ4n) is 2.86.